The Labute approximate surface area is 204 Å². The first-order valence-corrected chi connectivity index (χ1v) is 13.8. The van der Waals surface area contributed by atoms with Crippen LogP contribution in [0.4, 0.5) is 0 Å². The van der Waals surface area contributed by atoms with E-state index in [2.05, 4.69) is 5.32 Å². The number of carbonyl (C=O) groups excluding carboxylic acids is 3. The number of rotatable bonds is 6. The Kier molecular flexibility index (Phi) is 6.43. The van der Waals surface area contributed by atoms with Gasteiger partial charge in [0.15, 0.2) is 11.6 Å². The number of benzene rings is 2. The van der Waals surface area contributed by atoms with Crippen molar-refractivity contribution in [3.8, 4) is 0 Å². The van der Waals surface area contributed by atoms with Gasteiger partial charge in [0.1, 0.15) is 5.66 Å². The standard InChI is InChI=1S/C23H25N3O7S2/c1-16(27)18-3-7-20(8-4-18)34(30,31)25-13-11-23(12-14-25)24-22(29)15-26(23)35(32,33)21-9-5-19(6-10-21)17(2)28/h3-10H,11-15H2,1-2H3,(H,24,29). The summed E-state index contributed by atoms with van der Waals surface area (Å²) in [4.78, 5) is 35.3. The van der Waals surface area contributed by atoms with E-state index >= 15 is 0 Å². The molecular formula is C23H25N3O7S2. The largest absolute Gasteiger partial charge is 0.336 e. The molecule has 0 bridgehead atoms. The Balaban J connectivity index is 1.57. The predicted octanol–water partition coefficient (Wildman–Crippen LogP) is 1.39. The number of carbonyl (C=O) groups is 3. The molecule has 2 aliphatic heterocycles. The van der Waals surface area contributed by atoms with E-state index in [1.54, 1.807) is 0 Å². The van der Waals surface area contributed by atoms with Crippen LogP contribution < -0.4 is 5.32 Å². The fourth-order valence-corrected chi connectivity index (χ4v) is 7.58. The summed E-state index contributed by atoms with van der Waals surface area (Å²) in [6.45, 7) is 2.37. The zero-order valence-corrected chi connectivity index (χ0v) is 20.9. The maximum absolute atomic E-state index is 13.4. The topological polar surface area (TPSA) is 138 Å². The van der Waals surface area contributed by atoms with Gasteiger partial charge in [-0.3, -0.25) is 14.4 Å². The van der Waals surface area contributed by atoms with Crippen LogP contribution in [0.2, 0.25) is 0 Å². The number of hydrogen-bond acceptors (Lipinski definition) is 7. The Bertz CT molecular complexity index is 1390. The number of amides is 1. The second-order valence-corrected chi connectivity index (χ2v) is 12.5. The third-order valence-corrected chi connectivity index (χ3v) is 10.3. The molecule has 2 fully saturated rings. The van der Waals surface area contributed by atoms with Crippen LogP contribution in [0.25, 0.3) is 0 Å². The van der Waals surface area contributed by atoms with Crippen molar-refractivity contribution in [1.29, 1.82) is 0 Å². The number of nitrogens with one attached hydrogen (secondary N) is 1. The molecule has 0 aliphatic carbocycles. The van der Waals surface area contributed by atoms with E-state index in [0.717, 1.165) is 4.31 Å². The first-order chi connectivity index (χ1) is 16.4. The summed E-state index contributed by atoms with van der Waals surface area (Å²) in [6, 6.07) is 11.1. The zero-order chi connectivity index (χ0) is 25.6. The molecule has 2 aromatic carbocycles. The highest BCUT2D eigenvalue weighted by Gasteiger charge is 2.53. The third kappa shape index (κ3) is 4.54. The van der Waals surface area contributed by atoms with Crippen molar-refractivity contribution < 1.29 is 31.2 Å². The van der Waals surface area contributed by atoms with Crippen molar-refractivity contribution >= 4 is 37.5 Å². The molecule has 0 atom stereocenters. The molecule has 2 aromatic rings. The van der Waals surface area contributed by atoms with Crippen LogP contribution in [-0.4, -0.2) is 68.2 Å². The minimum atomic E-state index is -4.10. The van der Waals surface area contributed by atoms with E-state index in [1.807, 2.05) is 0 Å². The SMILES string of the molecule is CC(=O)c1ccc(S(=O)(=O)N2CCC3(CC2)NC(=O)CN3S(=O)(=O)c2ccc(C(C)=O)cc2)cc1. The van der Waals surface area contributed by atoms with Gasteiger partial charge in [0.25, 0.3) is 0 Å². The lowest BCUT2D eigenvalue weighted by molar-refractivity contribution is -0.119. The average molecular weight is 520 g/mol. The summed E-state index contributed by atoms with van der Waals surface area (Å²) in [5.74, 6) is -0.846. The van der Waals surface area contributed by atoms with E-state index in [9.17, 15) is 31.2 Å². The summed E-state index contributed by atoms with van der Waals surface area (Å²) in [5, 5.41) is 2.75. The monoisotopic (exact) mass is 519 g/mol. The molecule has 1 N–H and O–H groups in total. The smallest absolute Gasteiger partial charge is 0.245 e. The van der Waals surface area contributed by atoms with Crippen molar-refractivity contribution in [2.45, 2.75) is 42.1 Å². The summed E-state index contributed by atoms with van der Waals surface area (Å²) >= 11 is 0. The van der Waals surface area contributed by atoms with E-state index < -0.39 is 31.6 Å². The molecular weight excluding hydrogens is 494 g/mol. The highest BCUT2D eigenvalue weighted by molar-refractivity contribution is 7.89. The molecule has 12 heteroatoms. The van der Waals surface area contributed by atoms with Gasteiger partial charge >= 0.3 is 0 Å². The molecule has 186 valence electrons. The number of sulfonamides is 2. The Morgan fingerprint density at radius 2 is 1.20 bits per heavy atom. The van der Waals surface area contributed by atoms with Gasteiger partial charge in [-0.25, -0.2) is 16.8 Å². The fraction of sp³-hybridized carbons (Fsp3) is 0.348. The molecule has 0 radical (unpaired) electrons. The molecule has 4 rings (SSSR count). The molecule has 1 amide bonds. The molecule has 0 unspecified atom stereocenters. The molecule has 2 aliphatic rings. The summed E-state index contributed by atoms with van der Waals surface area (Å²) in [6.07, 6.45) is 0.127. The lowest BCUT2D eigenvalue weighted by Crippen LogP contribution is -2.60. The third-order valence-electron chi connectivity index (χ3n) is 6.43. The number of ketones is 2. The van der Waals surface area contributed by atoms with Crippen LogP contribution in [0.5, 0.6) is 0 Å². The number of piperidine rings is 1. The highest BCUT2D eigenvalue weighted by atomic mass is 32.2. The molecule has 2 saturated heterocycles. The van der Waals surface area contributed by atoms with Crippen LogP contribution in [0, 0.1) is 0 Å². The van der Waals surface area contributed by atoms with E-state index in [-0.39, 0.29) is 53.8 Å². The van der Waals surface area contributed by atoms with Gasteiger partial charge in [-0.2, -0.15) is 8.61 Å². The highest BCUT2D eigenvalue weighted by Crippen LogP contribution is 2.36. The molecule has 10 nitrogen and oxygen atoms in total. The van der Waals surface area contributed by atoms with E-state index in [1.165, 1.54) is 66.7 Å². The van der Waals surface area contributed by atoms with Gasteiger partial charge in [-0.05, 0) is 51.0 Å². The normalized spacial score (nSPS) is 19.0. The van der Waals surface area contributed by atoms with Crippen LogP contribution >= 0.6 is 0 Å². The Hall–Kier alpha value is -2.93. The molecule has 1 spiro atoms. The molecule has 0 saturated carbocycles. The number of nitrogens with zero attached hydrogens (tertiary/aromatic N) is 2. The van der Waals surface area contributed by atoms with Crippen molar-refractivity contribution in [1.82, 2.24) is 13.9 Å². The van der Waals surface area contributed by atoms with Gasteiger partial charge in [0.2, 0.25) is 26.0 Å². The van der Waals surface area contributed by atoms with Gasteiger partial charge in [0.05, 0.1) is 16.3 Å². The minimum Gasteiger partial charge on any atom is -0.336 e. The van der Waals surface area contributed by atoms with E-state index in [4.69, 9.17) is 0 Å². The van der Waals surface area contributed by atoms with Crippen molar-refractivity contribution in [2.75, 3.05) is 19.6 Å². The molecule has 0 aromatic heterocycles. The van der Waals surface area contributed by atoms with Crippen molar-refractivity contribution in [3.05, 3.63) is 59.7 Å². The van der Waals surface area contributed by atoms with E-state index in [0.29, 0.717) is 11.1 Å². The maximum Gasteiger partial charge on any atom is 0.245 e. The first kappa shape index (κ1) is 25.2. The van der Waals surface area contributed by atoms with Crippen LogP contribution in [0.1, 0.15) is 47.4 Å². The second kappa shape index (κ2) is 8.94. The van der Waals surface area contributed by atoms with Gasteiger partial charge in [0, 0.05) is 24.2 Å². The average Bonchev–Trinajstić information content (AvgIpc) is 3.15. The maximum atomic E-state index is 13.4. The Morgan fingerprint density at radius 1 is 0.771 bits per heavy atom. The molecule has 35 heavy (non-hydrogen) atoms. The second-order valence-electron chi connectivity index (χ2n) is 8.66. The summed E-state index contributed by atoms with van der Waals surface area (Å²) in [5.41, 5.74) is -0.490. The zero-order valence-electron chi connectivity index (χ0n) is 19.2. The van der Waals surface area contributed by atoms with Crippen LogP contribution in [-0.2, 0) is 24.8 Å². The van der Waals surface area contributed by atoms with Gasteiger partial charge in [-0.15, -0.1) is 0 Å². The van der Waals surface area contributed by atoms with Crippen molar-refractivity contribution in [3.63, 3.8) is 0 Å². The summed E-state index contributed by atoms with van der Waals surface area (Å²) < 4.78 is 55.4. The van der Waals surface area contributed by atoms with Crippen LogP contribution in [0.15, 0.2) is 58.3 Å². The lowest BCUT2D eigenvalue weighted by Gasteiger charge is -2.42. The van der Waals surface area contributed by atoms with Gasteiger partial charge in [-0.1, -0.05) is 24.3 Å². The van der Waals surface area contributed by atoms with Crippen LogP contribution in [0.3, 0.4) is 0 Å². The fourth-order valence-electron chi connectivity index (χ4n) is 4.43. The number of Topliss-reactive ketones (excluding diaryl/α,β-unsaturated/α-hetero) is 2. The van der Waals surface area contributed by atoms with Crippen molar-refractivity contribution in [2.24, 2.45) is 0 Å². The first-order valence-electron chi connectivity index (χ1n) is 10.9. The predicted molar refractivity (Wildman–Crippen MR) is 126 cm³/mol. The minimum absolute atomic E-state index is 0.00757. The Morgan fingerprint density at radius 3 is 1.63 bits per heavy atom. The number of hydrogen-bond donors (Lipinski definition) is 1. The summed E-state index contributed by atoms with van der Waals surface area (Å²) in [7, 11) is -7.97. The van der Waals surface area contributed by atoms with Gasteiger partial charge < -0.3 is 5.32 Å². The quantitative estimate of drug-likeness (QED) is 0.569. The molecule has 2 heterocycles. The lowest BCUT2D eigenvalue weighted by atomic mass is 9.99.